The Morgan fingerprint density at radius 3 is 2.19 bits per heavy atom. The van der Waals surface area contributed by atoms with E-state index in [9.17, 15) is 16.7 Å². The van der Waals surface area contributed by atoms with Crippen molar-refractivity contribution in [3.05, 3.63) is 34.7 Å². The van der Waals surface area contributed by atoms with E-state index >= 15 is 0 Å². The van der Waals surface area contributed by atoms with E-state index in [0.29, 0.717) is 5.69 Å². The molecule has 4 N–H and O–H groups in total. The number of nitrogens with zero attached hydrogens (tertiary/aromatic N) is 2. The molecule has 0 saturated heterocycles. The van der Waals surface area contributed by atoms with Gasteiger partial charge in [-0.25, -0.2) is 0 Å². The first-order valence-electron chi connectivity index (χ1n) is 4.98. The van der Waals surface area contributed by atoms with Crippen LogP contribution >= 0.6 is 0 Å². The number of rotatable bonds is 3. The number of hydrogen-bond donors (Lipinski definition) is 3. The molecule has 1 aromatic heterocycles. The van der Waals surface area contributed by atoms with E-state index in [1.165, 1.54) is 24.3 Å². The number of aromatic amines is 1. The minimum Gasteiger partial charge on any atom is 1.00 e. The summed E-state index contributed by atoms with van der Waals surface area (Å²) in [5, 5.41) is 2.65. The normalized spacial score (nSPS) is 10.2. The molecule has 0 atom stereocenters. The van der Waals surface area contributed by atoms with E-state index in [0.717, 1.165) is 0 Å². The van der Waals surface area contributed by atoms with E-state index in [1.54, 1.807) is 0 Å². The Morgan fingerprint density at radius 1 is 1.14 bits per heavy atom. The fourth-order valence-electron chi connectivity index (χ4n) is 1.31. The molecule has 0 aliphatic heterocycles. The van der Waals surface area contributed by atoms with Crippen LogP contribution < -0.4 is 88.4 Å². The zero-order chi connectivity index (χ0) is 14.0. The second kappa shape index (κ2) is 8.52. The molecule has 0 bridgehead atoms. The van der Waals surface area contributed by atoms with E-state index in [2.05, 4.69) is 20.3 Å². The van der Waals surface area contributed by atoms with Gasteiger partial charge >= 0.3 is 168 Å². The molecular weight excluding hydrogens is 363 g/mol. The van der Waals surface area contributed by atoms with Gasteiger partial charge in [-0.1, -0.05) is 0 Å². The van der Waals surface area contributed by atoms with Crippen LogP contribution in [0.4, 0.5) is 17.6 Å². The first-order chi connectivity index (χ1) is 8.84. The predicted molar refractivity (Wildman–Crippen MR) is 62.9 cm³/mol. The minimum absolute atomic E-state index is 0. The fraction of sp³-hybridized carbons (Fsp3) is 0. The summed E-state index contributed by atoms with van der Waals surface area (Å²) in [5.41, 5.74) is 5.08. The number of aromatic nitrogens is 3. The van der Waals surface area contributed by atoms with Gasteiger partial charge in [-0.05, 0) is 0 Å². The number of hydrogen-bond acceptors (Lipinski definition) is 8. The topological polar surface area (TPSA) is 160 Å². The number of nitrogen functional groups attached to an aromatic ring is 1. The summed E-state index contributed by atoms with van der Waals surface area (Å²) in [4.78, 5) is 20.5. The molecule has 0 unspecified atom stereocenters. The van der Waals surface area contributed by atoms with Crippen molar-refractivity contribution >= 4 is 36.1 Å². The van der Waals surface area contributed by atoms with Crippen LogP contribution in [0.1, 0.15) is 0 Å². The summed E-state index contributed by atoms with van der Waals surface area (Å²) in [6.45, 7) is 0. The Bertz CT molecular complexity index is 702. The third kappa shape index (κ3) is 6.27. The van der Waals surface area contributed by atoms with Gasteiger partial charge in [0.15, 0.2) is 0 Å². The number of anilines is 3. The molecule has 1 heterocycles. The van der Waals surface area contributed by atoms with E-state index in [4.69, 9.17) is 5.73 Å². The van der Waals surface area contributed by atoms with Crippen molar-refractivity contribution in [3.8, 4) is 0 Å². The van der Waals surface area contributed by atoms with Crippen molar-refractivity contribution in [2.75, 3.05) is 11.1 Å². The van der Waals surface area contributed by atoms with Crippen LogP contribution in [0.5, 0.6) is 0 Å². The summed E-state index contributed by atoms with van der Waals surface area (Å²) < 4.78 is 32.2. The molecule has 0 aliphatic carbocycles. The van der Waals surface area contributed by atoms with E-state index < -0.39 is 19.9 Å². The van der Waals surface area contributed by atoms with Crippen LogP contribution in [-0.2, 0) is 3.74 Å². The molecule has 21 heavy (non-hydrogen) atoms. The average molecular weight is 371 g/mol. The van der Waals surface area contributed by atoms with Gasteiger partial charge < -0.3 is 0 Å². The molecule has 1 aromatic carbocycles. The molecule has 0 radical (unpaired) electrons. The molecule has 0 fully saturated rings. The van der Waals surface area contributed by atoms with Crippen LogP contribution in [0.25, 0.3) is 0 Å². The maximum atomic E-state index is 11.0. The quantitative estimate of drug-likeness (QED) is 0.449. The van der Waals surface area contributed by atoms with Gasteiger partial charge in [0, 0.05) is 0 Å². The molecule has 12 heteroatoms. The Morgan fingerprint density at radius 2 is 1.71 bits per heavy atom. The molecular formula is C9H8AsN5Na2O4. The van der Waals surface area contributed by atoms with Crippen molar-refractivity contribution < 1.29 is 71.0 Å². The first kappa shape index (κ1) is 20.9. The largest absolute Gasteiger partial charge is 1.00 e. The van der Waals surface area contributed by atoms with Crippen LogP contribution in [0, 0.1) is 0 Å². The number of nitrogens with two attached hydrogens (primary N) is 1. The van der Waals surface area contributed by atoms with Gasteiger partial charge in [-0.3, -0.25) is 0 Å². The summed E-state index contributed by atoms with van der Waals surface area (Å²) in [6, 6.07) is 5.05. The van der Waals surface area contributed by atoms with Gasteiger partial charge in [-0.15, -0.1) is 0 Å². The monoisotopic (exact) mass is 371 g/mol. The van der Waals surface area contributed by atoms with Crippen molar-refractivity contribution in [1.82, 2.24) is 15.0 Å². The first-order valence-corrected chi connectivity index (χ1v) is 8.22. The van der Waals surface area contributed by atoms with Gasteiger partial charge in [0.05, 0.1) is 0 Å². The number of benzene rings is 1. The second-order valence-electron chi connectivity index (χ2n) is 3.53. The fourth-order valence-corrected chi connectivity index (χ4v) is 2.39. The maximum absolute atomic E-state index is 11.0. The van der Waals surface area contributed by atoms with E-state index in [-0.39, 0.29) is 75.4 Å². The molecule has 0 amide bonds. The molecule has 2 rings (SSSR count). The number of nitrogens with one attached hydrogen (secondary N) is 2. The molecule has 9 nitrogen and oxygen atoms in total. The van der Waals surface area contributed by atoms with Gasteiger partial charge in [0.2, 0.25) is 0 Å². The van der Waals surface area contributed by atoms with Gasteiger partial charge in [0.1, 0.15) is 0 Å². The van der Waals surface area contributed by atoms with Crippen LogP contribution in [0.2, 0.25) is 0 Å². The molecule has 2 aromatic rings. The Labute approximate surface area is 166 Å². The molecule has 0 aliphatic rings. The summed E-state index contributed by atoms with van der Waals surface area (Å²) in [5.74, 6) is -0.141. The second-order valence-corrected chi connectivity index (χ2v) is 6.70. The zero-order valence-electron chi connectivity index (χ0n) is 11.4. The molecule has 100 valence electrons. The Kier molecular flexibility index (Phi) is 8.48. The Hall–Kier alpha value is -0.0916. The van der Waals surface area contributed by atoms with Crippen LogP contribution in [0.15, 0.2) is 29.1 Å². The van der Waals surface area contributed by atoms with Gasteiger partial charge in [0.25, 0.3) is 0 Å². The van der Waals surface area contributed by atoms with Gasteiger partial charge in [-0.2, -0.15) is 0 Å². The standard InChI is InChI=1S/C9H10AsN5O4.2Na/c11-7-13-8(15-9(16)14-7)12-6-3-1-5(2-4-6)10(17,18)19;;/h1-4H,(H2,17,18,19)(H4,11,12,13,14,15,16);;/q;2*+1/p-2. The van der Waals surface area contributed by atoms with Crippen LogP contribution in [-0.4, -0.2) is 29.1 Å². The third-order valence-electron chi connectivity index (χ3n) is 2.11. The van der Waals surface area contributed by atoms with Crippen molar-refractivity contribution in [2.45, 2.75) is 0 Å². The molecule has 0 spiro atoms. The third-order valence-corrected chi connectivity index (χ3v) is 4.06. The maximum Gasteiger partial charge on any atom is 1.00 e. The number of H-pyrrole nitrogens is 1. The van der Waals surface area contributed by atoms with Crippen molar-refractivity contribution in [1.29, 1.82) is 0 Å². The predicted octanol–water partition coefficient (Wildman–Crippen LogP) is -9.20. The van der Waals surface area contributed by atoms with Crippen molar-refractivity contribution in [3.63, 3.8) is 0 Å². The summed E-state index contributed by atoms with van der Waals surface area (Å²) in [7, 11) is 0. The zero-order valence-corrected chi connectivity index (χ0v) is 17.2. The minimum atomic E-state index is -5.38. The summed E-state index contributed by atoms with van der Waals surface area (Å²) in [6.07, 6.45) is 0. The van der Waals surface area contributed by atoms with E-state index in [1.807, 2.05) is 0 Å². The SMILES string of the molecule is Nc1nc(Nc2ccc([As](=O)([O-])[O-])cc2)nc(=O)[nH]1.[Na+].[Na+]. The average Bonchev–Trinajstić information content (AvgIpc) is 2.26. The van der Waals surface area contributed by atoms with Crippen molar-refractivity contribution in [2.24, 2.45) is 0 Å². The smallest absolute Gasteiger partial charge is 1.00 e. The summed E-state index contributed by atoms with van der Waals surface area (Å²) >= 11 is -5.38. The Balaban J connectivity index is 0.00000200. The van der Waals surface area contributed by atoms with Crippen LogP contribution in [0.3, 0.4) is 0 Å². The molecule has 0 saturated carbocycles.